The Bertz CT molecular complexity index is 1230. The lowest BCUT2D eigenvalue weighted by Gasteiger charge is -2.10. The van der Waals surface area contributed by atoms with Crippen molar-refractivity contribution in [1.82, 2.24) is 19.3 Å². The largest absolute Gasteiger partial charge is 0.294 e. The molecule has 0 fully saturated rings. The molecular formula is C20H16Cl2N4O. The minimum absolute atomic E-state index is 0.150. The third-order valence-corrected chi connectivity index (χ3v) is 5.43. The molecule has 0 N–H and O–H groups in total. The van der Waals surface area contributed by atoms with Gasteiger partial charge in [-0.05, 0) is 48.7 Å². The van der Waals surface area contributed by atoms with E-state index in [2.05, 4.69) is 10.1 Å². The van der Waals surface area contributed by atoms with E-state index in [0.29, 0.717) is 27.6 Å². The van der Waals surface area contributed by atoms with Crippen LogP contribution in [0.1, 0.15) is 16.7 Å². The Labute approximate surface area is 165 Å². The summed E-state index contributed by atoms with van der Waals surface area (Å²) in [5.74, 6) is 0. The fourth-order valence-corrected chi connectivity index (χ4v) is 3.36. The van der Waals surface area contributed by atoms with E-state index in [-0.39, 0.29) is 5.56 Å². The number of rotatable bonds is 3. The SMILES string of the molecule is Cc1cccc(-n2ncc3c(=O)n(Cc4ccc(Cl)c(Cl)c4)cnc32)c1C. The van der Waals surface area contributed by atoms with E-state index >= 15 is 0 Å². The molecule has 0 aliphatic heterocycles. The molecule has 0 aliphatic carbocycles. The highest BCUT2D eigenvalue weighted by Crippen LogP contribution is 2.23. The minimum Gasteiger partial charge on any atom is -0.294 e. The number of hydrogen-bond acceptors (Lipinski definition) is 3. The van der Waals surface area contributed by atoms with E-state index in [1.807, 2.05) is 38.1 Å². The van der Waals surface area contributed by atoms with Crippen LogP contribution in [0, 0.1) is 13.8 Å². The Morgan fingerprint density at radius 2 is 1.89 bits per heavy atom. The highest BCUT2D eigenvalue weighted by atomic mass is 35.5. The third kappa shape index (κ3) is 3.13. The van der Waals surface area contributed by atoms with Crippen LogP contribution < -0.4 is 5.56 Å². The molecule has 7 heteroatoms. The number of hydrogen-bond donors (Lipinski definition) is 0. The van der Waals surface area contributed by atoms with Crippen LogP contribution in [-0.2, 0) is 6.54 Å². The molecule has 0 aliphatic rings. The molecule has 0 bridgehead atoms. The van der Waals surface area contributed by atoms with E-state index in [1.165, 1.54) is 10.9 Å². The van der Waals surface area contributed by atoms with E-state index in [0.717, 1.165) is 22.4 Å². The molecule has 27 heavy (non-hydrogen) atoms. The van der Waals surface area contributed by atoms with Crippen molar-refractivity contribution in [2.45, 2.75) is 20.4 Å². The maximum atomic E-state index is 12.9. The molecule has 0 amide bonds. The summed E-state index contributed by atoms with van der Waals surface area (Å²) in [4.78, 5) is 17.4. The topological polar surface area (TPSA) is 52.7 Å². The maximum absolute atomic E-state index is 12.9. The van der Waals surface area contributed by atoms with Crippen molar-refractivity contribution in [3.8, 4) is 5.69 Å². The first kappa shape index (κ1) is 17.8. The number of benzene rings is 2. The van der Waals surface area contributed by atoms with E-state index in [4.69, 9.17) is 23.2 Å². The van der Waals surface area contributed by atoms with Crippen LogP contribution in [0.2, 0.25) is 10.0 Å². The van der Waals surface area contributed by atoms with Gasteiger partial charge in [0.15, 0.2) is 5.65 Å². The van der Waals surface area contributed by atoms with Gasteiger partial charge >= 0.3 is 0 Å². The summed E-state index contributed by atoms with van der Waals surface area (Å²) < 4.78 is 3.25. The fraction of sp³-hybridized carbons (Fsp3) is 0.150. The number of halogens is 2. The average Bonchev–Trinajstić information content (AvgIpc) is 3.07. The molecule has 2 aromatic heterocycles. The zero-order valence-corrected chi connectivity index (χ0v) is 16.3. The predicted octanol–water partition coefficient (Wildman–Crippen LogP) is 4.55. The monoisotopic (exact) mass is 398 g/mol. The van der Waals surface area contributed by atoms with Crippen LogP contribution in [0.25, 0.3) is 16.7 Å². The normalized spacial score (nSPS) is 11.3. The second kappa shape index (κ2) is 6.83. The van der Waals surface area contributed by atoms with E-state index in [1.54, 1.807) is 23.0 Å². The van der Waals surface area contributed by atoms with Crippen LogP contribution >= 0.6 is 23.2 Å². The van der Waals surface area contributed by atoms with Crippen LogP contribution in [0.15, 0.2) is 53.7 Å². The van der Waals surface area contributed by atoms with Crippen LogP contribution in [0.5, 0.6) is 0 Å². The molecule has 2 aromatic carbocycles. The standard InChI is InChI=1S/C20H16Cl2N4O/c1-12-4-3-5-18(13(12)2)26-19-15(9-24-26)20(27)25(11-23-19)10-14-6-7-16(21)17(22)8-14/h3-9,11H,10H2,1-2H3. The maximum Gasteiger partial charge on any atom is 0.264 e. The highest BCUT2D eigenvalue weighted by Gasteiger charge is 2.14. The van der Waals surface area contributed by atoms with Gasteiger partial charge in [-0.25, -0.2) is 9.67 Å². The van der Waals surface area contributed by atoms with E-state index < -0.39 is 0 Å². The molecular weight excluding hydrogens is 383 g/mol. The molecule has 4 aromatic rings. The quantitative estimate of drug-likeness (QED) is 0.508. The number of aromatic nitrogens is 4. The number of nitrogens with zero attached hydrogens (tertiary/aromatic N) is 4. The lowest BCUT2D eigenvalue weighted by molar-refractivity contribution is 0.745. The van der Waals surface area contributed by atoms with Crippen molar-refractivity contribution in [3.05, 3.63) is 86.0 Å². The smallest absolute Gasteiger partial charge is 0.264 e. The van der Waals surface area contributed by atoms with Gasteiger partial charge in [-0.15, -0.1) is 0 Å². The van der Waals surface area contributed by atoms with Gasteiger partial charge in [-0.2, -0.15) is 5.10 Å². The molecule has 0 spiro atoms. The molecule has 4 rings (SSSR count). The fourth-order valence-electron chi connectivity index (χ4n) is 3.04. The number of aryl methyl sites for hydroxylation is 1. The first-order chi connectivity index (χ1) is 13.0. The second-order valence-electron chi connectivity index (χ2n) is 6.44. The van der Waals surface area contributed by atoms with E-state index in [9.17, 15) is 4.79 Å². The van der Waals surface area contributed by atoms with Gasteiger partial charge in [-0.1, -0.05) is 41.4 Å². The molecule has 0 unspecified atom stereocenters. The zero-order chi connectivity index (χ0) is 19.1. The van der Waals surface area contributed by atoms with Crippen LogP contribution in [-0.4, -0.2) is 19.3 Å². The lowest BCUT2D eigenvalue weighted by Crippen LogP contribution is -2.21. The molecule has 136 valence electrons. The van der Waals surface area contributed by atoms with Gasteiger partial charge in [-0.3, -0.25) is 9.36 Å². The Hall–Kier alpha value is -2.63. The first-order valence-corrected chi connectivity index (χ1v) is 9.15. The van der Waals surface area contributed by atoms with Crippen LogP contribution in [0.4, 0.5) is 0 Å². The zero-order valence-electron chi connectivity index (χ0n) is 14.8. The Morgan fingerprint density at radius 1 is 1.07 bits per heavy atom. The van der Waals surface area contributed by atoms with Crippen molar-refractivity contribution in [1.29, 1.82) is 0 Å². The Balaban J connectivity index is 1.79. The molecule has 5 nitrogen and oxygen atoms in total. The molecule has 0 saturated heterocycles. The first-order valence-electron chi connectivity index (χ1n) is 8.39. The second-order valence-corrected chi connectivity index (χ2v) is 7.25. The highest BCUT2D eigenvalue weighted by molar-refractivity contribution is 6.42. The van der Waals surface area contributed by atoms with Crippen molar-refractivity contribution < 1.29 is 0 Å². The third-order valence-electron chi connectivity index (χ3n) is 4.70. The minimum atomic E-state index is -0.150. The van der Waals surface area contributed by atoms with Crippen molar-refractivity contribution >= 4 is 34.2 Å². The summed E-state index contributed by atoms with van der Waals surface area (Å²) in [6.45, 7) is 4.43. The van der Waals surface area contributed by atoms with Gasteiger partial charge in [0.1, 0.15) is 11.7 Å². The summed E-state index contributed by atoms with van der Waals surface area (Å²) in [5.41, 5.74) is 4.43. The van der Waals surface area contributed by atoms with Gasteiger partial charge < -0.3 is 0 Å². The van der Waals surface area contributed by atoms with Gasteiger partial charge in [0.25, 0.3) is 5.56 Å². The van der Waals surface area contributed by atoms with Crippen molar-refractivity contribution in [2.24, 2.45) is 0 Å². The lowest BCUT2D eigenvalue weighted by atomic mass is 10.1. The molecule has 2 heterocycles. The van der Waals surface area contributed by atoms with Gasteiger partial charge in [0.05, 0.1) is 28.5 Å². The number of fused-ring (bicyclic) bond motifs is 1. The Morgan fingerprint density at radius 3 is 2.67 bits per heavy atom. The molecule has 0 atom stereocenters. The summed E-state index contributed by atoms with van der Waals surface area (Å²) >= 11 is 12.0. The average molecular weight is 399 g/mol. The van der Waals surface area contributed by atoms with Gasteiger partial charge in [0, 0.05) is 0 Å². The summed E-state index contributed by atoms with van der Waals surface area (Å²) in [5, 5.41) is 5.82. The van der Waals surface area contributed by atoms with Gasteiger partial charge in [0.2, 0.25) is 0 Å². The summed E-state index contributed by atoms with van der Waals surface area (Å²) in [6, 6.07) is 11.3. The van der Waals surface area contributed by atoms with Crippen molar-refractivity contribution in [2.75, 3.05) is 0 Å². The van der Waals surface area contributed by atoms with Crippen molar-refractivity contribution in [3.63, 3.8) is 0 Å². The van der Waals surface area contributed by atoms with Crippen LogP contribution in [0.3, 0.4) is 0 Å². The summed E-state index contributed by atoms with van der Waals surface area (Å²) in [7, 11) is 0. The molecule has 0 saturated carbocycles. The molecule has 0 radical (unpaired) electrons. The predicted molar refractivity (Wildman–Crippen MR) is 108 cm³/mol. The summed E-state index contributed by atoms with van der Waals surface area (Å²) in [6.07, 6.45) is 3.11. The Kier molecular flexibility index (Phi) is 4.50.